The zero-order valence-corrected chi connectivity index (χ0v) is 12.5. The minimum Gasteiger partial charge on any atom is -0.508 e. The van der Waals surface area contributed by atoms with Crippen molar-refractivity contribution >= 4 is 5.71 Å². The summed E-state index contributed by atoms with van der Waals surface area (Å²) in [6.07, 6.45) is -0.281. The van der Waals surface area contributed by atoms with E-state index in [1.165, 1.54) is 12.1 Å². The van der Waals surface area contributed by atoms with Crippen molar-refractivity contribution in [2.24, 2.45) is 17.6 Å². The Morgan fingerprint density at radius 1 is 1.29 bits per heavy atom. The topological polar surface area (TPSA) is 151 Å². The maximum Gasteiger partial charge on any atom is 0.141 e. The highest BCUT2D eigenvalue weighted by Gasteiger charge is 2.48. The van der Waals surface area contributed by atoms with Gasteiger partial charge in [-0.05, 0) is 18.2 Å². The van der Waals surface area contributed by atoms with Gasteiger partial charge in [0, 0.05) is 29.5 Å². The lowest BCUT2D eigenvalue weighted by Crippen LogP contribution is -2.47. The molecule has 0 bridgehead atoms. The first kappa shape index (κ1) is 15.4. The Hall–Kier alpha value is -3.50. The van der Waals surface area contributed by atoms with E-state index >= 15 is 0 Å². The van der Waals surface area contributed by atoms with Gasteiger partial charge in [0.05, 0.1) is 23.4 Å². The van der Waals surface area contributed by atoms with Gasteiger partial charge < -0.3 is 21.0 Å². The number of phenols is 1. The van der Waals surface area contributed by atoms with E-state index in [4.69, 9.17) is 15.9 Å². The van der Waals surface area contributed by atoms with E-state index in [0.29, 0.717) is 11.3 Å². The highest BCUT2D eigenvalue weighted by atomic mass is 16.5. The van der Waals surface area contributed by atoms with Crippen LogP contribution < -0.4 is 10.5 Å². The lowest BCUT2D eigenvalue weighted by molar-refractivity contribution is 0.117. The summed E-state index contributed by atoms with van der Waals surface area (Å²) in [7, 11) is 0. The molecule has 0 amide bonds. The van der Waals surface area contributed by atoms with Crippen molar-refractivity contribution < 1.29 is 9.84 Å². The highest BCUT2D eigenvalue weighted by molar-refractivity contribution is 6.05. The summed E-state index contributed by atoms with van der Waals surface area (Å²) < 4.78 is 5.90. The number of hydrogen-bond acceptors (Lipinski definition) is 7. The van der Waals surface area contributed by atoms with Crippen LogP contribution in [-0.4, -0.2) is 16.9 Å². The van der Waals surface area contributed by atoms with Crippen LogP contribution >= 0.6 is 0 Å². The van der Waals surface area contributed by atoms with E-state index in [2.05, 4.69) is 0 Å². The Morgan fingerprint density at radius 2 is 2.00 bits per heavy atom. The summed E-state index contributed by atoms with van der Waals surface area (Å²) in [5, 5.41) is 46.1. The van der Waals surface area contributed by atoms with Gasteiger partial charge in [0.1, 0.15) is 29.6 Å². The Morgan fingerprint density at radius 3 is 2.62 bits per heavy atom. The Bertz CT molecular complexity index is 870. The summed E-state index contributed by atoms with van der Waals surface area (Å²) in [6, 6.07) is 10.3. The van der Waals surface area contributed by atoms with Gasteiger partial charge in [0.25, 0.3) is 0 Å². The fraction of sp³-hybridized carbons (Fsp3) is 0.294. The van der Waals surface area contributed by atoms with Crippen LogP contribution in [0.25, 0.3) is 0 Å². The molecule has 0 aromatic heterocycles. The van der Waals surface area contributed by atoms with Crippen molar-refractivity contribution in [2.45, 2.75) is 18.4 Å². The maximum atomic E-state index is 9.78. The molecule has 0 saturated heterocycles. The number of fused-ring (bicyclic) bond motifs is 2. The molecular weight excluding hydrogens is 306 g/mol. The molecule has 0 saturated carbocycles. The number of hydrogen-bond donors (Lipinski definition) is 3. The van der Waals surface area contributed by atoms with Crippen molar-refractivity contribution in [3.8, 4) is 29.7 Å². The molecule has 3 rings (SSSR count). The predicted octanol–water partition coefficient (Wildman–Crippen LogP) is 1.68. The second-order valence-electron chi connectivity index (χ2n) is 5.80. The molecule has 1 aliphatic heterocycles. The van der Waals surface area contributed by atoms with Gasteiger partial charge in [-0.15, -0.1) is 0 Å². The molecule has 7 nitrogen and oxygen atoms in total. The number of benzene rings is 1. The van der Waals surface area contributed by atoms with Gasteiger partial charge >= 0.3 is 0 Å². The van der Waals surface area contributed by atoms with Crippen LogP contribution in [0.4, 0.5) is 0 Å². The van der Waals surface area contributed by atoms with Crippen LogP contribution in [0, 0.1) is 51.2 Å². The van der Waals surface area contributed by atoms with Crippen molar-refractivity contribution in [1.82, 2.24) is 0 Å². The molecular formula is C17H13N5O2. The fourth-order valence-electron chi connectivity index (χ4n) is 3.47. The Labute approximate surface area is 138 Å². The number of rotatable bonds is 1. The Kier molecular flexibility index (Phi) is 3.60. The molecule has 0 spiro atoms. The van der Waals surface area contributed by atoms with Gasteiger partial charge in [-0.3, -0.25) is 0 Å². The quantitative estimate of drug-likeness (QED) is 0.716. The van der Waals surface area contributed by atoms with Gasteiger partial charge in [-0.1, -0.05) is 0 Å². The third-order valence-electron chi connectivity index (χ3n) is 4.51. The van der Waals surface area contributed by atoms with Crippen LogP contribution in [0.1, 0.15) is 17.9 Å². The number of nitrogens with zero attached hydrogens (tertiary/aromatic N) is 3. The molecule has 2 aliphatic rings. The molecule has 1 heterocycles. The monoisotopic (exact) mass is 319 g/mol. The average Bonchev–Trinajstić information content (AvgIpc) is 2.56. The van der Waals surface area contributed by atoms with Crippen molar-refractivity contribution in [3.05, 3.63) is 35.0 Å². The third-order valence-corrected chi connectivity index (χ3v) is 4.51. The molecule has 3 atom stereocenters. The van der Waals surface area contributed by atoms with Crippen LogP contribution in [0.3, 0.4) is 0 Å². The van der Waals surface area contributed by atoms with E-state index in [0.717, 1.165) is 0 Å². The van der Waals surface area contributed by atoms with Gasteiger partial charge in [-0.25, -0.2) is 0 Å². The van der Waals surface area contributed by atoms with Gasteiger partial charge in [-0.2, -0.15) is 15.8 Å². The fourth-order valence-corrected chi connectivity index (χ4v) is 3.47. The number of ether oxygens (including phenoxy) is 1. The minimum absolute atomic E-state index is 0.0201. The van der Waals surface area contributed by atoms with E-state index in [9.17, 15) is 20.9 Å². The van der Waals surface area contributed by atoms with Gasteiger partial charge in [0.15, 0.2) is 0 Å². The van der Waals surface area contributed by atoms with Crippen molar-refractivity contribution in [1.29, 1.82) is 21.2 Å². The molecule has 1 aliphatic carbocycles. The number of nitrogens with one attached hydrogen (secondary N) is 1. The van der Waals surface area contributed by atoms with Crippen LogP contribution in [-0.2, 0) is 0 Å². The second kappa shape index (κ2) is 5.61. The average molecular weight is 319 g/mol. The van der Waals surface area contributed by atoms with E-state index in [1.807, 2.05) is 18.2 Å². The third kappa shape index (κ3) is 2.14. The normalized spacial score (nSPS) is 24.9. The summed E-state index contributed by atoms with van der Waals surface area (Å²) in [5.41, 5.74) is 6.69. The number of allylic oxidation sites excluding steroid dienone is 1. The molecule has 118 valence electrons. The minimum atomic E-state index is -1.04. The van der Waals surface area contributed by atoms with E-state index in [-0.39, 0.29) is 29.2 Å². The first-order valence-corrected chi connectivity index (χ1v) is 7.28. The standard InChI is InChI=1S/C17H13N5O2/c18-5-8(6-19)15-10-3-9(23)1-2-13(10)24-14-4-12(21)11(7-20)17(22)16(14)15/h1-3,8,14-16,22-23H,4,21H2. The molecule has 1 aromatic carbocycles. The number of aromatic hydroxyl groups is 1. The first-order chi connectivity index (χ1) is 11.5. The van der Waals surface area contributed by atoms with Crippen molar-refractivity contribution in [3.63, 3.8) is 0 Å². The summed E-state index contributed by atoms with van der Waals surface area (Å²) in [5.74, 6) is -1.93. The Balaban J connectivity index is 2.21. The molecule has 4 N–H and O–H groups in total. The summed E-state index contributed by atoms with van der Waals surface area (Å²) in [4.78, 5) is 0. The maximum absolute atomic E-state index is 9.78. The van der Waals surface area contributed by atoms with Gasteiger partial charge in [0.2, 0.25) is 0 Å². The molecule has 1 aromatic rings. The zero-order valence-electron chi connectivity index (χ0n) is 12.5. The second-order valence-corrected chi connectivity index (χ2v) is 5.80. The SMILES string of the molecule is N#CC1=C(N)CC2Oc3ccc(O)cc3C(C(C#N)C#N)C2C1=N. The van der Waals surface area contributed by atoms with Crippen LogP contribution in [0.15, 0.2) is 29.5 Å². The first-order valence-electron chi connectivity index (χ1n) is 7.28. The molecule has 7 heteroatoms. The number of nitrogens with two attached hydrogens (primary N) is 1. The highest BCUT2D eigenvalue weighted by Crippen LogP contribution is 2.49. The summed E-state index contributed by atoms with van der Waals surface area (Å²) >= 11 is 0. The van der Waals surface area contributed by atoms with Crippen molar-refractivity contribution in [2.75, 3.05) is 0 Å². The van der Waals surface area contributed by atoms with Crippen LogP contribution in [0.5, 0.6) is 11.5 Å². The molecule has 3 unspecified atom stereocenters. The zero-order chi connectivity index (χ0) is 17.4. The summed E-state index contributed by atoms with van der Waals surface area (Å²) in [6.45, 7) is 0. The molecule has 0 fully saturated rings. The number of phenolic OH excluding ortho intramolecular Hbond substituents is 1. The van der Waals surface area contributed by atoms with E-state index in [1.54, 1.807) is 6.07 Å². The largest absolute Gasteiger partial charge is 0.508 e. The van der Waals surface area contributed by atoms with E-state index < -0.39 is 23.9 Å². The smallest absolute Gasteiger partial charge is 0.141 e. The van der Waals surface area contributed by atoms with Crippen LogP contribution in [0.2, 0.25) is 0 Å². The molecule has 24 heavy (non-hydrogen) atoms. The number of nitriles is 3. The lowest BCUT2D eigenvalue weighted by atomic mass is 9.67. The molecule has 0 radical (unpaired) electrons. The lowest BCUT2D eigenvalue weighted by Gasteiger charge is -2.42. The predicted molar refractivity (Wildman–Crippen MR) is 82.6 cm³/mol.